The smallest absolute Gasteiger partial charge is 0.120 e. The minimum absolute atomic E-state index is 0.354. The zero-order chi connectivity index (χ0) is 23.9. The summed E-state index contributed by atoms with van der Waals surface area (Å²) in [6.07, 6.45) is 12.0. The third-order valence-corrected chi connectivity index (χ3v) is 8.44. The zero-order valence-electron chi connectivity index (χ0n) is 20.9. The lowest BCUT2D eigenvalue weighted by Gasteiger charge is -2.31. The average molecular weight is 469 g/mol. The van der Waals surface area contributed by atoms with Crippen LogP contribution in [-0.4, -0.2) is 5.11 Å². The van der Waals surface area contributed by atoms with Crippen molar-refractivity contribution in [1.82, 2.24) is 0 Å². The Morgan fingerprint density at radius 2 is 1.46 bits per heavy atom. The highest BCUT2D eigenvalue weighted by molar-refractivity contribution is 5.37. The SMILES string of the molecule is OC1CC(CCC2CCC(c3ccccc3)CC2)CCCc2cc(OCc3ccccc3)ccc21. The molecule has 0 aromatic heterocycles. The van der Waals surface area contributed by atoms with Crippen molar-refractivity contribution in [2.75, 3.05) is 0 Å². The van der Waals surface area contributed by atoms with E-state index in [0.29, 0.717) is 12.5 Å². The van der Waals surface area contributed by atoms with Gasteiger partial charge in [0, 0.05) is 0 Å². The Hall–Kier alpha value is -2.58. The first-order valence-corrected chi connectivity index (χ1v) is 13.8. The maximum absolute atomic E-state index is 11.1. The van der Waals surface area contributed by atoms with Gasteiger partial charge in [-0.2, -0.15) is 0 Å². The molecule has 1 fully saturated rings. The summed E-state index contributed by atoms with van der Waals surface area (Å²) in [6.45, 7) is 0.581. The molecule has 0 saturated heterocycles. The molecule has 1 N–H and O–H groups in total. The summed E-state index contributed by atoms with van der Waals surface area (Å²) in [5.74, 6) is 3.17. The van der Waals surface area contributed by atoms with Crippen molar-refractivity contribution < 1.29 is 9.84 Å². The summed E-state index contributed by atoms with van der Waals surface area (Å²) in [5, 5.41) is 11.1. The van der Waals surface area contributed by atoms with Gasteiger partial charge in [-0.05, 0) is 97.1 Å². The molecule has 0 amide bonds. The summed E-state index contributed by atoms with van der Waals surface area (Å²) in [6, 6.07) is 27.7. The predicted octanol–water partition coefficient (Wildman–Crippen LogP) is 8.40. The second-order valence-corrected chi connectivity index (χ2v) is 10.9. The fourth-order valence-electron chi connectivity index (χ4n) is 6.34. The minimum atomic E-state index is -0.354. The van der Waals surface area contributed by atoms with Crippen LogP contribution in [0.15, 0.2) is 78.9 Å². The largest absolute Gasteiger partial charge is 0.489 e. The number of rotatable bonds is 7. The van der Waals surface area contributed by atoms with Crippen molar-refractivity contribution in [3.05, 3.63) is 101 Å². The molecule has 3 aromatic rings. The van der Waals surface area contributed by atoms with Gasteiger partial charge in [-0.15, -0.1) is 0 Å². The first kappa shape index (κ1) is 24.1. The first-order valence-electron chi connectivity index (χ1n) is 13.8. The van der Waals surface area contributed by atoms with Gasteiger partial charge in [0.25, 0.3) is 0 Å². The molecule has 2 unspecified atom stereocenters. The maximum atomic E-state index is 11.1. The van der Waals surface area contributed by atoms with E-state index in [9.17, 15) is 5.11 Å². The molecule has 0 heterocycles. The molecule has 2 atom stereocenters. The van der Waals surface area contributed by atoms with E-state index in [2.05, 4.69) is 54.6 Å². The molecule has 2 nitrogen and oxygen atoms in total. The Bertz CT molecular complexity index is 1040. The molecular formula is C33H40O2. The Morgan fingerprint density at radius 3 is 2.23 bits per heavy atom. The normalized spacial score (nSPS) is 24.7. The summed E-state index contributed by atoms with van der Waals surface area (Å²) in [7, 11) is 0. The van der Waals surface area contributed by atoms with Gasteiger partial charge < -0.3 is 9.84 Å². The number of hydrogen-bond acceptors (Lipinski definition) is 2. The second-order valence-electron chi connectivity index (χ2n) is 10.9. The third-order valence-electron chi connectivity index (χ3n) is 8.44. The van der Waals surface area contributed by atoms with Crippen LogP contribution in [0.5, 0.6) is 5.75 Å². The molecule has 2 aliphatic carbocycles. The van der Waals surface area contributed by atoms with Gasteiger partial charge in [0.1, 0.15) is 12.4 Å². The van der Waals surface area contributed by atoms with Crippen LogP contribution >= 0.6 is 0 Å². The van der Waals surface area contributed by atoms with Gasteiger partial charge in [0.2, 0.25) is 0 Å². The van der Waals surface area contributed by atoms with E-state index < -0.39 is 0 Å². The van der Waals surface area contributed by atoms with Gasteiger partial charge in [0.15, 0.2) is 0 Å². The van der Waals surface area contributed by atoms with Gasteiger partial charge in [-0.3, -0.25) is 0 Å². The Morgan fingerprint density at radius 1 is 0.743 bits per heavy atom. The lowest BCUT2D eigenvalue weighted by Crippen LogP contribution is -2.17. The van der Waals surface area contributed by atoms with Gasteiger partial charge >= 0.3 is 0 Å². The molecule has 0 spiro atoms. The van der Waals surface area contributed by atoms with Gasteiger partial charge in [0.05, 0.1) is 6.10 Å². The van der Waals surface area contributed by atoms with Crippen LogP contribution in [0.25, 0.3) is 0 Å². The number of fused-ring (bicyclic) bond motifs is 1. The molecule has 0 aliphatic heterocycles. The van der Waals surface area contributed by atoms with Crippen LogP contribution in [0.1, 0.15) is 92.1 Å². The number of aryl methyl sites for hydroxylation is 1. The summed E-state index contributed by atoms with van der Waals surface area (Å²) < 4.78 is 6.05. The monoisotopic (exact) mass is 468 g/mol. The van der Waals surface area contributed by atoms with E-state index >= 15 is 0 Å². The van der Waals surface area contributed by atoms with E-state index in [4.69, 9.17) is 4.74 Å². The quantitative estimate of drug-likeness (QED) is 0.377. The van der Waals surface area contributed by atoms with Crippen LogP contribution in [-0.2, 0) is 13.0 Å². The average Bonchev–Trinajstić information content (AvgIpc) is 2.91. The summed E-state index contributed by atoms with van der Waals surface area (Å²) >= 11 is 0. The predicted molar refractivity (Wildman–Crippen MR) is 144 cm³/mol. The number of aliphatic hydroxyl groups is 1. The Labute approximate surface area is 211 Å². The standard InChI is InChI=1S/C33H40O2/c34-33-22-26(15-14-25-16-18-29(19-17-25)28-11-5-2-6-12-28)10-7-13-30-23-31(20-21-32(30)33)35-24-27-8-3-1-4-9-27/h1-6,8-9,11-12,20-21,23,25-26,29,33-34H,7,10,13-19,22,24H2. The minimum Gasteiger partial charge on any atom is -0.489 e. The molecule has 2 aliphatic rings. The number of ether oxygens (including phenoxy) is 1. The molecule has 184 valence electrons. The van der Waals surface area contributed by atoms with E-state index in [1.165, 1.54) is 68.1 Å². The van der Waals surface area contributed by atoms with Crippen molar-refractivity contribution in [2.24, 2.45) is 11.8 Å². The molecule has 0 bridgehead atoms. The zero-order valence-corrected chi connectivity index (χ0v) is 20.9. The molecule has 0 radical (unpaired) electrons. The van der Waals surface area contributed by atoms with Crippen LogP contribution in [0.2, 0.25) is 0 Å². The van der Waals surface area contributed by atoms with Crippen LogP contribution < -0.4 is 4.74 Å². The summed E-state index contributed by atoms with van der Waals surface area (Å²) in [4.78, 5) is 0. The third kappa shape index (κ3) is 6.55. The highest BCUT2D eigenvalue weighted by Gasteiger charge is 2.25. The highest BCUT2D eigenvalue weighted by Crippen LogP contribution is 2.40. The van der Waals surface area contributed by atoms with Gasteiger partial charge in [-0.1, -0.05) is 86.0 Å². The molecule has 5 rings (SSSR count). The molecule has 1 saturated carbocycles. The number of aliphatic hydroxyl groups excluding tert-OH is 1. The van der Waals surface area contributed by atoms with Crippen molar-refractivity contribution in [3.8, 4) is 5.75 Å². The lowest BCUT2D eigenvalue weighted by atomic mass is 9.75. The first-order chi connectivity index (χ1) is 17.2. The van der Waals surface area contributed by atoms with E-state index in [1.54, 1.807) is 0 Å². The number of hydrogen-bond donors (Lipinski definition) is 1. The van der Waals surface area contributed by atoms with Crippen molar-refractivity contribution in [1.29, 1.82) is 0 Å². The second kappa shape index (κ2) is 11.9. The van der Waals surface area contributed by atoms with Crippen molar-refractivity contribution >= 4 is 0 Å². The van der Waals surface area contributed by atoms with Gasteiger partial charge in [-0.25, -0.2) is 0 Å². The summed E-state index contributed by atoms with van der Waals surface area (Å²) in [5.41, 5.74) is 5.09. The van der Waals surface area contributed by atoms with Crippen molar-refractivity contribution in [3.63, 3.8) is 0 Å². The molecule has 35 heavy (non-hydrogen) atoms. The van der Waals surface area contributed by atoms with Crippen LogP contribution in [0, 0.1) is 11.8 Å². The fraction of sp³-hybridized carbons (Fsp3) is 0.455. The topological polar surface area (TPSA) is 29.5 Å². The van der Waals surface area contributed by atoms with Crippen LogP contribution in [0.4, 0.5) is 0 Å². The maximum Gasteiger partial charge on any atom is 0.120 e. The van der Waals surface area contributed by atoms with E-state index in [0.717, 1.165) is 36.0 Å². The molecular weight excluding hydrogens is 428 g/mol. The van der Waals surface area contributed by atoms with Crippen molar-refractivity contribution in [2.45, 2.75) is 82.8 Å². The highest BCUT2D eigenvalue weighted by atomic mass is 16.5. The van der Waals surface area contributed by atoms with E-state index in [-0.39, 0.29) is 6.10 Å². The fourth-order valence-corrected chi connectivity index (χ4v) is 6.34. The Balaban J connectivity index is 1.11. The van der Waals surface area contributed by atoms with E-state index in [1.807, 2.05) is 24.3 Å². The number of benzene rings is 3. The lowest BCUT2D eigenvalue weighted by molar-refractivity contribution is 0.129. The van der Waals surface area contributed by atoms with Crippen LogP contribution in [0.3, 0.4) is 0 Å². The molecule has 2 heteroatoms. The molecule has 3 aromatic carbocycles. The Kier molecular flexibility index (Phi) is 8.21.